The first-order valence-electron chi connectivity index (χ1n) is 7.42. The van der Waals surface area contributed by atoms with Gasteiger partial charge in [-0.25, -0.2) is 13.4 Å². The topological polar surface area (TPSA) is 88.3 Å². The Morgan fingerprint density at radius 1 is 1.36 bits per heavy atom. The van der Waals surface area contributed by atoms with Gasteiger partial charge in [-0.05, 0) is 26.3 Å². The molecular weight excluding hydrogens is 304 g/mol. The van der Waals surface area contributed by atoms with E-state index < -0.39 is 10.0 Å². The van der Waals surface area contributed by atoms with E-state index in [1.54, 1.807) is 6.07 Å². The number of rotatable bonds is 3. The molecule has 0 amide bonds. The predicted octanol–water partition coefficient (Wildman–Crippen LogP) is 1.16. The van der Waals surface area contributed by atoms with Crippen LogP contribution in [0.15, 0.2) is 21.7 Å². The van der Waals surface area contributed by atoms with Crippen molar-refractivity contribution in [1.82, 2.24) is 19.8 Å². The molecule has 3 rings (SSSR count). The normalized spacial score (nSPS) is 24.0. The van der Waals surface area contributed by atoms with Gasteiger partial charge in [0.2, 0.25) is 10.0 Å². The van der Waals surface area contributed by atoms with Crippen LogP contribution in [0, 0.1) is 0 Å². The lowest BCUT2D eigenvalue weighted by Gasteiger charge is -2.35. The first-order chi connectivity index (χ1) is 10.4. The van der Waals surface area contributed by atoms with Crippen molar-refractivity contribution in [1.29, 1.82) is 0 Å². The largest absolute Gasteiger partial charge is 0.336 e. The monoisotopic (exact) mass is 324 g/mol. The Morgan fingerprint density at radius 3 is 2.68 bits per heavy atom. The van der Waals surface area contributed by atoms with E-state index in [1.807, 2.05) is 20.8 Å². The summed E-state index contributed by atoms with van der Waals surface area (Å²) < 4.78 is 32.3. The minimum atomic E-state index is -3.56. The van der Waals surface area contributed by atoms with Gasteiger partial charge in [0.1, 0.15) is 4.90 Å². The first kappa shape index (κ1) is 15.4. The van der Waals surface area contributed by atoms with Gasteiger partial charge in [0.05, 0.1) is 17.3 Å². The number of piperazine rings is 1. The Hall–Kier alpha value is -1.51. The molecular formula is C14H20N4O3S. The van der Waals surface area contributed by atoms with Crippen LogP contribution in [0.4, 0.5) is 0 Å². The highest BCUT2D eigenvalue weighted by atomic mass is 32.2. The first-order valence-corrected chi connectivity index (χ1v) is 8.86. The highest BCUT2D eigenvalue weighted by molar-refractivity contribution is 7.89. The van der Waals surface area contributed by atoms with Crippen LogP contribution < -0.4 is 5.32 Å². The number of sulfonamides is 1. The standard InChI is InChI=1S/C14H20N4O3S/c1-4-13-12-5-11(6-15-14(12)21-17-13)22(19,20)18-7-9(2)16-10(3)8-18/h5-6,9-10,16H,4,7-8H2,1-3H3. The van der Waals surface area contributed by atoms with Gasteiger partial charge in [-0.15, -0.1) is 0 Å². The summed E-state index contributed by atoms with van der Waals surface area (Å²) in [6.45, 7) is 6.81. The number of aryl methyl sites for hydroxylation is 1. The van der Waals surface area contributed by atoms with Crippen LogP contribution in [-0.4, -0.2) is 48.0 Å². The summed E-state index contributed by atoms with van der Waals surface area (Å²) in [6, 6.07) is 1.86. The fraction of sp³-hybridized carbons (Fsp3) is 0.571. The lowest BCUT2D eigenvalue weighted by molar-refractivity contribution is 0.263. The fourth-order valence-electron chi connectivity index (χ4n) is 2.88. The molecule has 120 valence electrons. The fourth-order valence-corrected chi connectivity index (χ4v) is 4.47. The van der Waals surface area contributed by atoms with E-state index in [4.69, 9.17) is 4.52 Å². The minimum absolute atomic E-state index is 0.122. The summed E-state index contributed by atoms with van der Waals surface area (Å²) in [6.07, 6.45) is 2.01. The number of hydrogen-bond donors (Lipinski definition) is 1. The average molecular weight is 324 g/mol. The van der Waals surface area contributed by atoms with Gasteiger partial charge in [0.25, 0.3) is 5.71 Å². The summed E-state index contributed by atoms with van der Waals surface area (Å²) >= 11 is 0. The maximum Gasteiger partial charge on any atom is 0.258 e. The molecule has 1 N–H and O–H groups in total. The summed E-state index contributed by atoms with van der Waals surface area (Å²) in [4.78, 5) is 4.29. The van der Waals surface area contributed by atoms with Crippen molar-refractivity contribution in [3.63, 3.8) is 0 Å². The molecule has 1 saturated heterocycles. The quantitative estimate of drug-likeness (QED) is 0.911. The molecule has 0 radical (unpaired) electrons. The number of nitrogens with one attached hydrogen (secondary N) is 1. The van der Waals surface area contributed by atoms with E-state index in [2.05, 4.69) is 15.5 Å². The van der Waals surface area contributed by atoms with Gasteiger partial charge < -0.3 is 9.84 Å². The molecule has 8 heteroatoms. The van der Waals surface area contributed by atoms with E-state index in [-0.39, 0.29) is 17.0 Å². The van der Waals surface area contributed by atoms with Crippen LogP contribution in [-0.2, 0) is 16.4 Å². The van der Waals surface area contributed by atoms with Crippen LogP contribution in [0.2, 0.25) is 0 Å². The number of aromatic nitrogens is 2. The van der Waals surface area contributed by atoms with E-state index in [1.165, 1.54) is 10.5 Å². The summed E-state index contributed by atoms with van der Waals surface area (Å²) in [5, 5.41) is 7.91. The predicted molar refractivity (Wildman–Crippen MR) is 82.0 cm³/mol. The molecule has 0 aliphatic carbocycles. The minimum Gasteiger partial charge on any atom is -0.336 e. The number of hydrogen-bond acceptors (Lipinski definition) is 6. The van der Waals surface area contributed by atoms with Crippen molar-refractivity contribution < 1.29 is 12.9 Å². The Kier molecular flexibility index (Phi) is 3.92. The van der Waals surface area contributed by atoms with Crippen LogP contribution in [0.25, 0.3) is 11.1 Å². The highest BCUT2D eigenvalue weighted by Crippen LogP contribution is 2.24. The molecule has 0 bridgehead atoms. The van der Waals surface area contributed by atoms with Crippen molar-refractivity contribution in [3.8, 4) is 0 Å². The molecule has 0 spiro atoms. The van der Waals surface area contributed by atoms with Crippen molar-refractivity contribution in [3.05, 3.63) is 18.0 Å². The molecule has 0 aromatic carbocycles. The molecule has 2 unspecified atom stereocenters. The van der Waals surface area contributed by atoms with E-state index >= 15 is 0 Å². The number of fused-ring (bicyclic) bond motifs is 1. The van der Waals surface area contributed by atoms with Crippen LogP contribution in [0.5, 0.6) is 0 Å². The molecule has 2 aromatic rings. The molecule has 22 heavy (non-hydrogen) atoms. The number of nitrogens with zero attached hydrogens (tertiary/aromatic N) is 3. The van der Waals surface area contributed by atoms with Crippen LogP contribution in [0.3, 0.4) is 0 Å². The Balaban J connectivity index is 2.01. The van der Waals surface area contributed by atoms with Crippen molar-refractivity contribution in [2.24, 2.45) is 0 Å². The molecule has 2 atom stereocenters. The SMILES string of the molecule is CCc1noc2ncc(S(=O)(=O)N3CC(C)NC(C)C3)cc12. The Labute approximate surface area is 129 Å². The molecule has 2 aromatic heterocycles. The van der Waals surface area contributed by atoms with Crippen molar-refractivity contribution in [2.75, 3.05) is 13.1 Å². The van der Waals surface area contributed by atoms with Gasteiger partial charge in [-0.3, -0.25) is 0 Å². The molecule has 1 fully saturated rings. The lowest BCUT2D eigenvalue weighted by atomic mass is 10.2. The molecule has 1 aliphatic rings. The maximum atomic E-state index is 12.9. The van der Waals surface area contributed by atoms with Crippen LogP contribution >= 0.6 is 0 Å². The second-order valence-electron chi connectivity index (χ2n) is 5.80. The van der Waals surface area contributed by atoms with Gasteiger partial charge in [0.15, 0.2) is 0 Å². The Morgan fingerprint density at radius 2 is 2.05 bits per heavy atom. The van der Waals surface area contributed by atoms with Gasteiger partial charge in [-0.2, -0.15) is 4.31 Å². The maximum absolute atomic E-state index is 12.9. The zero-order chi connectivity index (χ0) is 15.9. The van der Waals surface area contributed by atoms with E-state index in [0.717, 1.165) is 5.69 Å². The summed E-state index contributed by atoms with van der Waals surface area (Å²) in [5.74, 6) is 0. The molecule has 7 nitrogen and oxygen atoms in total. The van der Waals surface area contributed by atoms with E-state index in [0.29, 0.717) is 30.6 Å². The molecule has 0 saturated carbocycles. The van der Waals surface area contributed by atoms with Gasteiger partial charge in [-0.1, -0.05) is 12.1 Å². The summed E-state index contributed by atoms with van der Waals surface area (Å²) in [5.41, 5.74) is 1.10. The third kappa shape index (κ3) is 2.62. The second kappa shape index (κ2) is 5.60. The second-order valence-corrected chi connectivity index (χ2v) is 7.74. The zero-order valence-corrected chi connectivity index (χ0v) is 13.7. The van der Waals surface area contributed by atoms with Crippen molar-refractivity contribution >= 4 is 21.1 Å². The zero-order valence-electron chi connectivity index (χ0n) is 12.9. The molecule has 3 heterocycles. The van der Waals surface area contributed by atoms with Crippen LogP contribution in [0.1, 0.15) is 26.5 Å². The van der Waals surface area contributed by atoms with Gasteiger partial charge in [0, 0.05) is 25.2 Å². The smallest absolute Gasteiger partial charge is 0.258 e. The Bertz CT molecular complexity index is 776. The van der Waals surface area contributed by atoms with Gasteiger partial charge >= 0.3 is 0 Å². The number of pyridine rings is 1. The van der Waals surface area contributed by atoms with E-state index in [9.17, 15) is 8.42 Å². The lowest BCUT2D eigenvalue weighted by Crippen LogP contribution is -2.55. The summed E-state index contributed by atoms with van der Waals surface area (Å²) in [7, 11) is -3.56. The highest BCUT2D eigenvalue weighted by Gasteiger charge is 2.32. The van der Waals surface area contributed by atoms with Crippen molar-refractivity contribution in [2.45, 2.75) is 44.2 Å². The third-order valence-corrected chi connectivity index (χ3v) is 5.67. The third-order valence-electron chi connectivity index (χ3n) is 3.88. The molecule has 1 aliphatic heterocycles. The average Bonchev–Trinajstić information content (AvgIpc) is 2.88.